The van der Waals surface area contributed by atoms with Gasteiger partial charge in [-0.3, -0.25) is 0 Å². The molecule has 1 aromatic carbocycles. The molecule has 0 aliphatic heterocycles. The van der Waals surface area contributed by atoms with Crippen molar-refractivity contribution in [3.63, 3.8) is 0 Å². The zero-order valence-corrected chi connectivity index (χ0v) is 10.5. The number of benzene rings is 1. The van der Waals surface area contributed by atoms with Crippen molar-refractivity contribution in [2.45, 2.75) is 0 Å². The Morgan fingerprint density at radius 1 is 1.47 bits per heavy atom. The number of hydrogen-bond donors (Lipinski definition) is 1. The van der Waals surface area contributed by atoms with Crippen molar-refractivity contribution in [2.24, 2.45) is 0 Å². The molecule has 0 radical (unpaired) electrons. The molecule has 5 heteroatoms. The van der Waals surface area contributed by atoms with Gasteiger partial charge in [0.25, 0.3) is 0 Å². The summed E-state index contributed by atoms with van der Waals surface area (Å²) in [6.45, 7) is 0.621. The number of nitrogen functional groups attached to an aromatic ring is 1. The van der Waals surface area contributed by atoms with Crippen LogP contribution in [0.4, 0.5) is 5.69 Å². The van der Waals surface area contributed by atoms with Gasteiger partial charge in [0, 0.05) is 16.4 Å². The Bertz CT molecular complexity index is 355. The quantitative estimate of drug-likeness (QED) is 0.397. The van der Waals surface area contributed by atoms with E-state index in [0.717, 1.165) is 3.57 Å². The Kier molecular flexibility index (Phi) is 4.83. The lowest BCUT2D eigenvalue weighted by Crippen LogP contribution is -2.12. The summed E-state index contributed by atoms with van der Waals surface area (Å²) in [5.41, 5.74) is 6.49. The van der Waals surface area contributed by atoms with Gasteiger partial charge in [0.15, 0.2) is 0 Å². The average molecular weight is 321 g/mol. The molecule has 4 nitrogen and oxygen atoms in total. The van der Waals surface area contributed by atoms with E-state index < -0.39 is 5.97 Å². The fourth-order valence-corrected chi connectivity index (χ4v) is 1.49. The summed E-state index contributed by atoms with van der Waals surface area (Å²) in [5.74, 6) is -0.414. The number of carbonyl (C=O) groups excluding carboxylic acids is 1. The fraction of sp³-hybridized carbons (Fsp3) is 0.300. The molecule has 0 aromatic heterocycles. The highest BCUT2D eigenvalue weighted by Crippen LogP contribution is 2.16. The third kappa shape index (κ3) is 3.67. The largest absolute Gasteiger partial charge is 0.460 e. The predicted molar refractivity (Wildman–Crippen MR) is 65.7 cm³/mol. The van der Waals surface area contributed by atoms with E-state index in [0.29, 0.717) is 17.9 Å². The summed E-state index contributed by atoms with van der Waals surface area (Å²) in [6.07, 6.45) is 0. The molecule has 15 heavy (non-hydrogen) atoms. The first-order valence-corrected chi connectivity index (χ1v) is 5.44. The molecule has 0 bridgehead atoms. The van der Waals surface area contributed by atoms with Crippen molar-refractivity contribution in [3.05, 3.63) is 27.3 Å². The van der Waals surface area contributed by atoms with Gasteiger partial charge in [-0.25, -0.2) is 4.79 Å². The number of carbonyl (C=O) groups is 1. The fourth-order valence-electron chi connectivity index (χ4n) is 1.00. The Labute approximate surface area is 102 Å². The van der Waals surface area contributed by atoms with Crippen LogP contribution in [0.15, 0.2) is 18.2 Å². The molecule has 0 saturated heterocycles. The van der Waals surface area contributed by atoms with Crippen LogP contribution < -0.4 is 5.73 Å². The average Bonchev–Trinajstić information content (AvgIpc) is 2.22. The van der Waals surface area contributed by atoms with E-state index in [1.54, 1.807) is 19.2 Å². The lowest BCUT2D eigenvalue weighted by Gasteiger charge is -2.06. The molecule has 1 rings (SSSR count). The summed E-state index contributed by atoms with van der Waals surface area (Å²) in [4.78, 5) is 11.5. The Morgan fingerprint density at radius 3 is 2.87 bits per heavy atom. The van der Waals surface area contributed by atoms with Gasteiger partial charge in [0.2, 0.25) is 0 Å². The normalized spacial score (nSPS) is 10.0. The number of esters is 1. The van der Waals surface area contributed by atoms with Crippen LogP contribution in [0.2, 0.25) is 0 Å². The van der Waals surface area contributed by atoms with Crippen LogP contribution in [-0.4, -0.2) is 26.3 Å². The van der Waals surface area contributed by atoms with Gasteiger partial charge in [-0.15, -0.1) is 0 Å². The van der Waals surface area contributed by atoms with Crippen LogP contribution in [-0.2, 0) is 9.47 Å². The molecule has 0 spiro atoms. The predicted octanol–water partition coefficient (Wildman–Crippen LogP) is 1.68. The minimum absolute atomic E-state index is 0.236. The minimum Gasteiger partial charge on any atom is -0.460 e. The second-order valence-electron chi connectivity index (χ2n) is 2.86. The van der Waals surface area contributed by atoms with Gasteiger partial charge >= 0.3 is 5.97 Å². The Hall–Kier alpha value is -0.820. The third-order valence-electron chi connectivity index (χ3n) is 1.76. The van der Waals surface area contributed by atoms with Gasteiger partial charge < -0.3 is 15.2 Å². The topological polar surface area (TPSA) is 61.5 Å². The molecule has 0 amide bonds. The van der Waals surface area contributed by atoms with Gasteiger partial charge in [-0.05, 0) is 40.8 Å². The SMILES string of the molecule is COCCOC(=O)c1cc(I)ccc1N. The van der Waals surface area contributed by atoms with Crippen LogP contribution in [0.25, 0.3) is 0 Å². The summed E-state index contributed by atoms with van der Waals surface area (Å²) >= 11 is 2.11. The molecule has 0 unspecified atom stereocenters. The smallest absolute Gasteiger partial charge is 0.340 e. The van der Waals surface area contributed by atoms with Gasteiger partial charge in [0.05, 0.1) is 12.2 Å². The van der Waals surface area contributed by atoms with Gasteiger partial charge in [-0.1, -0.05) is 0 Å². The van der Waals surface area contributed by atoms with Gasteiger partial charge in [0.1, 0.15) is 6.61 Å². The summed E-state index contributed by atoms with van der Waals surface area (Å²) in [7, 11) is 1.55. The second-order valence-corrected chi connectivity index (χ2v) is 4.11. The van der Waals surface area contributed by atoms with Crippen LogP contribution in [0.3, 0.4) is 0 Å². The first kappa shape index (κ1) is 12.3. The van der Waals surface area contributed by atoms with E-state index in [1.165, 1.54) is 0 Å². The van der Waals surface area contributed by atoms with Crippen molar-refractivity contribution in [1.82, 2.24) is 0 Å². The highest BCUT2D eigenvalue weighted by atomic mass is 127. The second kappa shape index (κ2) is 5.92. The summed E-state index contributed by atoms with van der Waals surface area (Å²) in [6, 6.07) is 5.22. The van der Waals surface area contributed by atoms with Crippen LogP contribution in [0, 0.1) is 3.57 Å². The number of methoxy groups -OCH3 is 1. The van der Waals surface area contributed by atoms with Crippen molar-refractivity contribution in [2.75, 3.05) is 26.1 Å². The standard InChI is InChI=1S/C10H12INO3/c1-14-4-5-15-10(13)8-6-7(11)2-3-9(8)12/h2-3,6H,4-5,12H2,1H3. The molecule has 0 heterocycles. The number of hydrogen-bond acceptors (Lipinski definition) is 4. The molecule has 0 atom stereocenters. The summed E-state index contributed by atoms with van der Waals surface area (Å²) in [5, 5.41) is 0. The molecule has 0 aliphatic carbocycles. The van der Waals surface area contributed by atoms with Crippen LogP contribution in [0.1, 0.15) is 10.4 Å². The first-order chi connectivity index (χ1) is 7.15. The van der Waals surface area contributed by atoms with Crippen LogP contribution >= 0.6 is 22.6 Å². The van der Waals surface area contributed by atoms with E-state index in [4.69, 9.17) is 15.2 Å². The van der Waals surface area contributed by atoms with Crippen molar-refractivity contribution in [3.8, 4) is 0 Å². The molecular weight excluding hydrogens is 309 g/mol. The van der Waals surface area contributed by atoms with Crippen molar-refractivity contribution < 1.29 is 14.3 Å². The number of halogens is 1. The number of nitrogens with two attached hydrogens (primary N) is 1. The zero-order valence-electron chi connectivity index (χ0n) is 8.33. The van der Waals surface area contributed by atoms with Gasteiger partial charge in [-0.2, -0.15) is 0 Å². The monoisotopic (exact) mass is 321 g/mol. The molecule has 2 N–H and O–H groups in total. The van der Waals surface area contributed by atoms with E-state index in [1.807, 2.05) is 6.07 Å². The first-order valence-electron chi connectivity index (χ1n) is 4.36. The molecule has 1 aromatic rings. The zero-order chi connectivity index (χ0) is 11.3. The van der Waals surface area contributed by atoms with E-state index in [9.17, 15) is 4.79 Å². The molecule has 82 valence electrons. The molecular formula is C10H12INO3. The molecule has 0 saturated carbocycles. The van der Waals surface area contributed by atoms with E-state index >= 15 is 0 Å². The number of ether oxygens (including phenoxy) is 2. The highest BCUT2D eigenvalue weighted by molar-refractivity contribution is 14.1. The van der Waals surface area contributed by atoms with E-state index in [-0.39, 0.29) is 6.61 Å². The maximum absolute atomic E-state index is 11.5. The third-order valence-corrected chi connectivity index (χ3v) is 2.43. The van der Waals surface area contributed by atoms with Crippen molar-refractivity contribution in [1.29, 1.82) is 0 Å². The Balaban J connectivity index is 2.68. The van der Waals surface area contributed by atoms with Crippen molar-refractivity contribution >= 4 is 34.2 Å². The minimum atomic E-state index is -0.414. The molecule has 0 aliphatic rings. The summed E-state index contributed by atoms with van der Waals surface area (Å²) < 4.78 is 10.7. The number of rotatable bonds is 4. The molecule has 0 fully saturated rings. The lowest BCUT2D eigenvalue weighted by molar-refractivity contribution is 0.0389. The number of anilines is 1. The maximum Gasteiger partial charge on any atom is 0.340 e. The highest BCUT2D eigenvalue weighted by Gasteiger charge is 2.11. The van der Waals surface area contributed by atoms with Crippen LogP contribution in [0.5, 0.6) is 0 Å². The maximum atomic E-state index is 11.5. The van der Waals surface area contributed by atoms with E-state index in [2.05, 4.69) is 22.6 Å². The Morgan fingerprint density at radius 2 is 2.20 bits per heavy atom. The lowest BCUT2D eigenvalue weighted by atomic mass is 10.2.